The molecule has 1 rings (SSSR count). The Morgan fingerprint density at radius 2 is 2.00 bits per heavy atom. The van der Waals surface area contributed by atoms with Crippen LogP contribution in [0.25, 0.3) is 0 Å². The molecule has 0 unspecified atom stereocenters. The van der Waals surface area contributed by atoms with E-state index >= 15 is 0 Å². The highest BCUT2D eigenvalue weighted by atomic mass is 16.5. The van der Waals surface area contributed by atoms with Gasteiger partial charge in [-0.05, 0) is 43.9 Å². The summed E-state index contributed by atoms with van der Waals surface area (Å²) in [4.78, 5) is 34.6. The molecule has 136 valence electrons. The van der Waals surface area contributed by atoms with Crippen LogP contribution in [0.5, 0.6) is 0 Å². The third-order valence-corrected chi connectivity index (χ3v) is 4.67. The van der Waals surface area contributed by atoms with Gasteiger partial charge in [0.25, 0.3) is 0 Å². The fraction of sp³-hybridized carbons (Fsp3) is 0.722. The highest BCUT2D eigenvalue weighted by molar-refractivity contribution is 6.32. The summed E-state index contributed by atoms with van der Waals surface area (Å²) in [7, 11) is 1.18. The van der Waals surface area contributed by atoms with Crippen molar-refractivity contribution >= 4 is 17.8 Å². The van der Waals surface area contributed by atoms with Gasteiger partial charge in [0.1, 0.15) is 0 Å². The number of carbonyl (C=O) groups excluding carboxylic acids is 3. The van der Waals surface area contributed by atoms with E-state index in [4.69, 9.17) is 4.74 Å². The van der Waals surface area contributed by atoms with Gasteiger partial charge in [-0.25, -0.2) is 4.79 Å². The first-order valence-electron chi connectivity index (χ1n) is 8.50. The van der Waals surface area contributed by atoms with E-state index in [1.807, 2.05) is 6.92 Å². The SMILES string of the molecule is CCOC(=O)C[C@@H]1C[C@@H](C(C)C)[C@H](CNC(=O)C(=O)OC)C=C1C. The van der Waals surface area contributed by atoms with Gasteiger partial charge in [-0.3, -0.25) is 9.59 Å². The summed E-state index contributed by atoms with van der Waals surface area (Å²) in [5, 5.41) is 2.63. The minimum atomic E-state index is -0.882. The monoisotopic (exact) mass is 339 g/mol. The average Bonchev–Trinajstić information content (AvgIpc) is 2.53. The lowest BCUT2D eigenvalue weighted by Gasteiger charge is -2.37. The second kappa shape index (κ2) is 9.45. The highest BCUT2D eigenvalue weighted by Crippen LogP contribution is 2.38. The molecule has 1 aliphatic rings. The number of rotatable bonds is 6. The summed E-state index contributed by atoms with van der Waals surface area (Å²) in [6.07, 6.45) is 3.38. The van der Waals surface area contributed by atoms with Crippen LogP contribution in [0.15, 0.2) is 11.6 Å². The van der Waals surface area contributed by atoms with E-state index in [0.29, 0.717) is 31.4 Å². The largest absolute Gasteiger partial charge is 0.466 e. The molecule has 0 radical (unpaired) electrons. The van der Waals surface area contributed by atoms with Crippen molar-refractivity contribution in [2.75, 3.05) is 20.3 Å². The topological polar surface area (TPSA) is 81.7 Å². The molecule has 1 aliphatic carbocycles. The fourth-order valence-electron chi connectivity index (χ4n) is 3.30. The van der Waals surface area contributed by atoms with Gasteiger partial charge in [-0.1, -0.05) is 25.5 Å². The van der Waals surface area contributed by atoms with Crippen molar-refractivity contribution in [1.82, 2.24) is 5.32 Å². The average molecular weight is 339 g/mol. The summed E-state index contributed by atoms with van der Waals surface area (Å²) in [5.41, 5.74) is 1.14. The Bertz CT molecular complexity index is 498. The van der Waals surface area contributed by atoms with Gasteiger partial charge >= 0.3 is 17.8 Å². The molecule has 0 fully saturated rings. The quantitative estimate of drug-likeness (QED) is 0.455. The molecular formula is C18H29NO5. The minimum Gasteiger partial charge on any atom is -0.466 e. The molecule has 0 aliphatic heterocycles. The predicted octanol–water partition coefficient (Wildman–Crippen LogP) is 2.08. The maximum Gasteiger partial charge on any atom is 0.396 e. The van der Waals surface area contributed by atoms with Crippen LogP contribution in [0.3, 0.4) is 0 Å². The second-order valence-corrected chi connectivity index (χ2v) is 6.63. The third kappa shape index (κ3) is 5.65. The first kappa shape index (κ1) is 20.2. The van der Waals surface area contributed by atoms with Crippen molar-refractivity contribution in [3.8, 4) is 0 Å². The summed E-state index contributed by atoms with van der Waals surface area (Å²) >= 11 is 0. The summed E-state index contributed by atoms with van der Waals surface area (Å²) in [5.74, 6) is -0.742. The van der Waals surface area contributed by atoms with E-state index in [9.17, 15) is 14.4 Å². The molecular weight excluding hydrogens is 310 g/mol. The number of hydrogen-bond acceptors (Lipinski definition) is 5. The number of ether oxygens (including phenoxy) is 2. The molecule has 0 aromatic carbocycles. The van der Waals surface area contributed by atoms with Crippen LogP contribution < -0.4 is 5.32 Å². The van der Waals surface area contributed by atoms with E-state index in [1.165, 1.54) is 7.11 Å². The van der Waals surface area contributed by atoms with Crippen LogP contribution in [0.1, 0.15) is 40.5 Å². The molecule has 6 nitrogen and oxygen atoms in total. The van der Waals surface area contributed by atoms with Crippen LogP contribution in [-0.4, -0.2) is 38.1 Å². The van der Waals surface area contributed by atoms with Gasteiger partial charge in [0, 0.05) is 6.54 Å². The van der Waals surface area contributed by atoms with Crippen molar-refractivity contribution in [1.29, 1.82) is 0 Å². The molecule has 6 heteroatoms. The molecule has 0 heterocycles. The van der Waals surface area contributed by atoms with Crippen molar-refractivity contribution in [2.24, 2.45) is 23.7 Å². The zero-order chi connectivity index (χ0) is 18.3. The van der Waals surface area contributed by atoms with Crippen LogP contribution >= 0.6 is 0 Å². The molecule has 0 aromatic heterocycles. The molecule has 0 spiro atoms. The molecule has 24 heavy (non-hydrogen) atoms. The third-order valence-electron chi connectivity index (χ3n) is 4.67. The zero-order valence-electron chi connectivity index (χ0n) is 15.3. The maximum atomic E-state index is 11.8. The van der Waals surface area contributed by atoms with Crippen LogP contribution in [0.2, 0.25) is 0 Å². The van der Waals surface area contributed by atoms with Crippen LogP contribution in [0.4, 0.5) is 0 Å². The smallest absolute Gasteiger partial charge is 0.396 e. The number of esters is 2. The van der Waals surface area contributed by atoms with Gasteiger partial charge < -0.3 is 14.8 Å². The van der Waals surface area contributed by atoms with Crippen LogP contribution in [0, 0.1) is 23.7 Å². The first-order valence-corrected chi connectivity index (χ1v) is 8.50. The Balaban J connectivity index is 2.77. The van der Waals surface area contributed by atoms with E-state index in [0.717, 1.165) is 12.0 Å². The number of methoxy groups -OCH3 is 1. The maximum absolute atomic E-state index is 11.8. The molecule has 1 amide bonds. The first-order chi connectivity index (χ1) is 11.3. The summed E-state index contributed by atoms with van der Waals surface area (Å²) < 4.78 is 9.47. The van der Waals surface area contributed by atoms with E-state index in [1.54, 1.807) is 6.92 Å². The Morgan fingerprint density at radius 1 is 1.33 bits per heavy atom. The summed E-state index contributed by atoms with van der Waals surface area (Å²) in [6.45, 7) is 8.86. The Kier molecular flexibility index (Phi) is 7.95. The van der Waals surface area contributed by atoms with Crippen LogP contribution in [-0.2, 0) is 23.9 Å². The number of amides is 1. The van der Waals surface area contributed by atoms with Crippen molar-refractivity contribution in [3.05, 3.63) is 11.6 Å². The van der Waals surface area contributed by atoms with Gasteiger partial charge in [-0.15, -0.1) is 0 Å². The predicted molar refractivity (Wildman–Crippen MR) is 90.0 cm³/mol. The lowest BCUT2D eigenvalue weighted by atomic mass is 9.70. The lowest BCUT2D eigenvalue weighted by molar-refractivity contribution is -0.152. The Hall–Kier alpha value is -1.85. The molecule has 0 bridgehead atoms. The molecule has 0 saturated carbocycles. The van der Waals surface area contributed by atoms with Crippen molar-refractivity contribution in [2.45, 2.75) is 40.5 Å². The number of nitrogens with one attached hydrogen (secondary N) is 1. The summed E-state index contributed by atoms with van der Waals surface area (Å²) in [6, 6.07) is 0. The van der Waals surface area contributed by atoms with Gasteiger partial charge in [0.05, 0.1) is 20.1 Å². The van der Waals surface area contributed by atoms with Crippen molar-refractivity contribution in [3.63, 3.8) is 0 Å². The van der Waals surface area contributed by atoms with Crippen molar-refractivity contribution < 1.29 is 23.9 Å². The molecule has 1 N–H and O–H groups in total. The van der Waals surface area contributed by atoms with Gasteiger partial charge in [0.15, 0.2) is 0 Å². The fourth-order valence-corrected chi connectivity index (χ4v) is 3.30. The van der Waals surface area contributed by atoms with E-state index < -0.39 is 11.9 Å². The van der Waals surface area contributed by atoms with E-state index in [2.05, 4.69) is 30.0 Å². The van der Waals surface area contributed by atoms with Gasteiger partial charge in [-0.2, -0.15) is 0 Å². The molecule has 0 saturated heterocycles. The van der Waals surface area contributed by atoms with Gasteiger partial charge in [0.2, 0.25) is 0 Å². The normalized spacial score (nSPS) is 23.4. The molecule has 0 aromatic rings. The number of carbonyl (C=O) groups is 3. The molecule has 3 atom stereocenters. The number of hydrogen-bond donors (Lipinski definition) is 1. The standard InChI is InChI=1S/C18H29NO5/c1-6-24-16(20)9-13-8-15(11(2)3)14(7-12(13)4)10-19-17(21)18(22)23-5/h7,11,13-15H,6,8-10H2,1-5H3,(H,19,21)/t13-,14-,15-/m0/s1. The Labute approximate surface area is 144 Å². The highest BCUT2D eigenvalue weighted by Gasteiger charge is 2.33. The van der Waals surface area contributed by atoms with E-state index in [-0.39, 0.29) is 17.8 Å². The Morgan fingerprint density at radius 3 is 2.54 bits per heavy atom. The minimum absolute atomic E-state index is 0.136. The lowest BCUT2D eigenvalue weighted by Crippen LogP contribution is -2.40. The second-order valence-electron chi connectivity index (χ2n) is 6.63. The number of allylic oxidation sites excluding steroid dienone is 1. The zero-order valence-corrected chi connectivity index (χ0v) is 15.3.